The summed E-state index contributed by atoms with van der Waals surface area (Å²) in [4.78, 5) is 25.8. The maximum atomic E-state index is 12.2. The first-order chi connectivity index (χ1) is 9.97. The molecule has 0 atom stereocenters. The molecule has 5 heteroatoms. The number of amides is 1. The number of pyridine rings is 1. The second kappa shape index (κ2) is 6.72. The van der Waals surface area contributed by atoms with Crippen LogP contribution in [0.5, 0.6) is 0 Å². The Morgan fingerprint density at radius 1 is 1.29 bits per heavy atom. The number of rotatable bonds is 4. The lowest BCUT2D eigenvalue weighted by Gasteiger charge is -2.18. The standard InChI is InChI=1S/C16H17BrN2O2/c1-12-8-14(17)16(21)19(9-12)11-15(20)18(2)10-13-6-4-3-5-7-13/h3-9H,10-11H2,1-2H3. The van der Waals surface area contributed by atoms with E-state index in [1.54, 1.807) is 24.2 Å². The highest BCUT2D eigenvalue weighted by Gasteiger charge is 2.12. The smallest absolute Gasteiger partial charge is 0.265 e. The van der Waals surface area contributed by atoms with Crippen molar-refractivity contribution in [3.8, 4) is 0 Å². The third kappa shape index (κ3) is 4.04. The van der Waals surface area contributed by atoms with Crippen molar-refractivity contribution in [3.05, 3.63) is 68.5 Å². The Morgan fingerprint density at radius 2 is 1.95 bits per heavy atom. The van der Waals surface area contributed by atoms with E-state index >= 15 is 0 Å². The first-order valence-corrected chi connectivity index (χ1v) is 7.41. The SMILES string of the molecule is Cc1cc(Br)c(=O)n(CC(=O)N(C)Cc2ccccc2)c1. The van der Waals surface area contributed by atoms with Crippen LogP contribution in [-0.2, 0) is 17.9 Å². The number of hydrogen-bond donors (Lipinski definition) is 0. The largest absolute Gasteiger partial charge is 0.340 e. The maximum Gasteiger partial charge on any atom is 0.265 e. The van der Waals surface area contributed by atoms with Gasteiger partial charge >= 0.3 is 0 Å². The van der Waals surface area contributed by atoms with Gasteiger partial charge in [0.05, 0.1) is 4.47 Å². The van der Waals surface area contributed by atoms with Crippen LogP contribution in [0.1, 0.15) is 11.1 Å². The third-order valence-electron chi connectivity index (χ3n) is 3.17. The third-order valence-corrected chi connectivity index (χ3v) is 3.74. The Kier molecular flexibility index (Phi) is 4.96. The highest BCUT2D eigenvalue weighted by atomic mass is 79.9. The van der Waals surface area contributed by atoms with Gasteiger partial charge in [-0.1, -0.05) is 30.3 Å². The first-order valence-electron chi connectivity index (χ1n) is 6.62. The lowest BCUT2D eigenvalue weighted by Crippen LogP contribution is -2.33. The highest BCUT2D eigenvalue weighted by Crippen LogP contribution is 2.07. The molecule has 0 fully saturated rings. The number of carbonyl (C=O) groups excluding carboxylic acids is 1. The molecule has 0 N–H and O–H groups in total. The van der Waals surface area contributed by atoms with Crippen LogP contribution in [0.2, 0.25) is 0 Å². The molecule has 0 saturated carbocycles. The van der Waals surface area contributed by atoms with Crippen LogP contribution in [0, 0.1) is 6.92 Å². The molecule has 21 heavy (non-hydrogen) atoms. The van der Waals surface area contributed by atoms with Crippen LogP contribution < -0.4 is 5.56 Å². The van der Waals surface area contributed by atoms with Gasteiger partial charge in [-0.05, 0) is 40.0 Å². The van der Waals surface area contributed by atoms with Gasteiger partial charge in [0.15, 0.2) is 0 Å². The van der Waals surface area contributed by atoms with Crippen LogP contribution in [0.4, 0.5) is 0 Å². The van der Waals surface area contributed by atoms with Crippen molar-refractivity contribution in [1.82, 2.24) is 9.47 Å². The van der Waals surface area contributed by atoms with Crippen molar-refractivity contribution in [1.29, 1.82) is 0 Å². The number of nitrogens with zero attached hydrogens (tertiary/aromatic N) is 2. The van der Waals surface area contributed by atoms with Crippen molar-refractivity contribution in [2.45, 2.75) is 20.0 Å². The number of benzene rings is 1. The van der Waals surface area contributed by atoms with Crippen molar-refractivity contribution in [2.75, 3.05) is 7.05 Å². The number of halogens is 1. The normalized spacial score (nSPS) is 10.4. The number of likely N-dealkylation sites (N-methyl/N-ethyl adjacent to an activating group) is 1. The number of carbonyl (C=O) groups is 1. The molecule has 0 spiro atoms. The Bertz CT molecular complexity index is 695. The fourth-order valence-corrected chi connectivity index (χ4v) is 2.66. The molecule has 0 unspecified atom stereocenters. The number of hydrogen-bond acceptors (Lipinski definition) is 2. The Hall–Kier alpha value is -1.88. The molecule has 1 heterocycles. The van der Waals surface area contributed by atoms with Gasteiger partial charge < -0.3 is 9.47 Å². The van der Waals surface area contributed by atoms with E-state index in [9.17, 15) is 9.59 Å². The minimum absolute atomic E-state index is 0.0441. The van der Waals surface area contributed by atoms with Crippen LogP contribution in [0.25, 0.3) is 0 Å². The topological polar surface area (TPSA) is 42.3 Å². The molecule has 1 amide bonds. The van der Waals surface area contributed by atoms with Gasteiger partial charge in [-0.25, -0.2) is 0 Å². The predicted octanol–water partition coefficient (Wildman–Crippen LogP) is 2.58. The summed E-state index contributed by atoms with van der Waals surface area (Å²) in [5.74, 6) is -0.0987. The molecule has 0 aliphatic rings. The van der Waals surface area contributed by atoms with Gasteiger partial charge in [-0.15, -0.1) is 0 Å². The highest BCUT2D eigenvalue weighted by molar-refractivity contribution is 9.10. The van der Waals surface area contributed by atoms with E-state index in [4.69, 9.17) is 0 Å². The Morgan fingerprint density at radius 3 is 2.62 bits per heavy atom. The Labute approximate surface area is 132 Å². The van der Waals surface area contributed by atoms with Gasteiger partial charge in [-0.2, -0.15) is 0 Å². The summed E-state index contributed by atoms with van der Waals surface area (Å²) >= 11 is 3.22. The monoisotopic (exact) mass is 348 g/mol. The molecule has 0 aliphatic carbocycles. The zero-order valence-electron chi connectivity index (χ0n) is 12.0. The molecular weight excluding hydrogens is 332 g/mol. The van der Waals surface area contributed by atoms with Gasteiger partial charge in [0.1, 0.15) is 6.54 Å². The van der Waals surface area contributed by atoms with E-state index < -0.39 is 0 Å². The van der Waals surface area contributed by atoms with Gasteiger partial charge in [-0.3, -0.25) is 9.59 Å². The summed E-state index contributed by atoms with van der Waals surface area (Å²) < 4.78 is 1.91. The zero-order chi connectivity index (χ0) is 15.4. The second-order valence-electron chi connectivity index (χ2n) is 5.03. The zero-order valence-corrected chi connectivity index (χ0v) is 13.6. The van der Waals surface area contributed by atoms with Crippen LogP contribution >= 0.6 is 15.9 Å². The fraction of sp³-hybridized carbons (Fsp3) is 0.250. The first kappa shape index (κ1) is 15.5. The molecule has 1 aromatic heterocycles. The molecule has 2 rings (SSSR count). The van der Waals surface area contributed by atoms with E-state index in [0.29, 0.717) is 11.0 Å². The average molecular weight is 349 g/mol. The van der Waals surface area contributed by atoms with Crippen LogP contribution in [-0.4, -0.2) is 22.4 Å². The van der Waals surface area contributed by atoms with Crippen LogP contribution in [0.3, 0.4) is 0 Å². The van der Waals surface area contributed by atoms with Crippen molar-refractivity contribution >= 4 is 21.8 Å². The quantitative estimate of drug-likeness (QED) is 0.852. The molecule has 110 valence electrons. The van der Waals surface area contributed by atoms with Gasteiger partial charge in [0.25, 0.3) is 5.56 Å². The summed E-state index contributed by atoms with van der Waals surface area (Å²) in [6.07, 6.45) is 1.70. The van der Waals surface area contributed by atoms with E-state index in [-0.39, 0.29) is 18.0 Å². The number of aromatic nitrogens is 1. The lowest BCUT2D eigenvalue weighted by molar-refractivity contribution is -0.131. The fourth-order valence-electron chi connectivity index (χ4n) is 2.07. The van der Waals surface area contributed by atoms with Gasteiger partial charge in [0.2, 0.25) is 5.91 Å². The summed E-state index contributed by atoms with van der Waals surface area (Å²) in [7, 11) is 1.74. The summed E-state index contributed by atoms with van der Waals surface area (Å²) in [6, 6.07) is 11.5. The van der Waals surface area contributed by atoms with E-state index in [2.05, 4.69) is 15.9 Å². The minimum Gasteiger partial charge on any atom is -0.340 e. The molecule has 0 aliphatic heterocycles. The van der Waals surface area contributed by atoms with Crippen LogP contribution in [0.15, 0.2) is 51.9 Å². The lowest BCUT2D eigenvalue weighted by atomic mass is 10.2. The Balaban J connectivity index is 2.09. The summed E-state index contributed by atoms with van der Waals surface area (Å²) in [5.41, 5.74) is 1.80. The summed E-state index contributed by atoms with van der Waals surface area (Å²) in [5, 5.41) is 0. The molecule has 1 aromatic carbocycles. The maximum absolute atomic E-state index is 12.2. The second-order valence-corrected chi connectivity index (χ2v) is 5.89. The molecule has 0 radical (unpaired) electrons. The molecule has 4 nitrogen and oxygen atoms in total. The van der Waals surface area contributed by atoms with Crippen molar-refractivity contribution in [3.63, 3.8) is 0 Å². The van der Waals surface area contributed by atoms with Gasteiger partial charge in [0, 0.05) is 19.8 Å². The number of aryl methyl sites for hydroxylation is 1. The van der Waals surface area contributed by atoms with E-state index in [1.807, 2.05) is 37.3 Å². The molecule has 2 aromatic rings. The molecule has 0 saturated heterocycles. The van der Waals surface area contributed by atoms with E-state index in [0.717, 1.165) is 11.1 Å². The molecular formula is C16H17BrN2O2. The van der Waals surface area contributed by atoms with Crippen molar-refractivity contribution < 1.29 is 4.79 Å². The minimum atomic E-state index is -0.193. The summed E-state index contributed by atoms with van der Waals surface area (Å²) in [6.45, 7) is 2.46. The molecule has 0 bridgehead atoms. The predicted molar refractivity (Wildman–Crippen MR) is 86.1 cm³/mol. The van der Waals surface area contributed by atoms with Crippen molar-refractivity contribution in [2.24, 2.45) is 0 Å². The van der Waals surface area contributed by atoms with E-state index in [1.165, 1.54) is 4.57 Å². The average Bonchev–Trinajstić information content (AvgIpc) is 2.45.